The van der Waals surface area contributed by atoms with Crippen molar-refractivity contribution in [1.29, 1.82) is 0 Å². The summed E-state index contributed by atoms with van der Waals surface area (Å²) in [5, 5.41) is 5.47. The second kappa shape index (κ2) is 10.9. The molecule has 0 aliphatic heterocycles. The van der Waals surface area contributed by atoms with Gasteiger partial charge in [0.15, 0.2) is 24.1 Å². The summed E-state index contributed by atoms with van der Waals surface area (Å²) in [4.78, 5) is 18.0. The van der Waals surface area contributed by atoms with E-state index in [2.05, 4.69) is 63.7 Å². The van der Waals surface area contributed by atoms with E-state index in [1.165, 1.54) is 16.9 Å². The zero-order chi connectivity index (χ0) is 22.2. The quantitative estimate of drug-likeness (QED) is 0.272. The third-order valence-corrected chi connectivity index (χ3v) is 6.57. The minimum absolute atomic E-state index is 0.0248. The standard InChI is InChI=1S/C25H23N3O2S2/c1-30-21-9-7-20(8-10-21)23-18-32-25(26-23)27-24(29)13-16-31-22-11-14-28(15-12-22)17-19-5-3-2-4-6-19/h2-12,14-15,18H,13,16-17H2,1H3/p+1. The van der Waals surface area contributed by atoms with Crippen LogP contribution in [0.25, 0.3) is 11.3 Å². The first-order valence-electron chi connectivity index (χ1n) is 10.3. The maximum absolute atomic E-state index is 12.3. The Morgan fingerprint density at radius 1 is 1.06 bits per heavy atom. The number of carbonyl (C=O) groups is 1. The van der Waals surface area contributed by atoms with Crippen molar-refractivity contribution in [2.24, 2.45) is 0 Å². The molecule has 0 spiro atoms. The highest BCUT2D eigenvalue weighted by atomic mass is 32.2. The van der Waals surface area contributed by atoms with Gasteiger partial charge >= 0.3 is 0 Å². The minimum Gasteiger partial charge on any atom is -0.497 e. The van der Waals surface area contributed by atoms with E-state index < -0.39 is 0 Å². The molecule has 0 unspecified atom stereocenters. The molecule has 0 aliphatic carbocycles. The topological polar surface area (TPSA) is 55.1 Å². The van der Waals surface area contributed by atoms with Crippen molar-refractivity contribution in [3.05, 3.63) is 90.1 Å². The molecule has 4 aromatic rings. The zero-order valence-corrected chi connectivity index (χ0v) is 19.4. The SMILES string of the molecule is COc1ccc(-c2csc(NC(=O)CCSc3cc[n+](Cc4ccccc4)cc3)n2)cc1. The molecular formula is C25H24N3O2S2+. The lowest BCUT2D eigenvalue weighted by Gasteiger charge is -2.03. The van der Waals surface area contributed by atoms with Crippen molar-refractivity contribution in [2.45, 2.75) is 17.9 Å². The fourth-order valence-electron chi connectivity index (χ4n) is 3.11. The highest BCUT2D eigenvalue weighted by Gasteiger charge is 2.09. The van der Waals surface area contributed by atoms with Crippen LogP contribution < -0.4 is 14.6 Å². The van der Waals surface area contributed by atoms with E-state index in [1.54, 1.807) is 18.9 Å². The van der Waals surface area contributed by atoms with E-state index in [4.69, 9.17) is 4.74 Å². The number of carbonyl (C=O) groups excluding carboxylic acids is 1. The number of pyridine rings is 1. The Bertz CT molecular complexity index is 1140. The van der Waals surface area contributed by atoms with E-state index in [1.807, 2.05) is 35.7 Å². The molecule has 0 bridgehead atoms. The summed E-state index contributed by atoms with van der Waals surface area (Å²) in [7, 11) is 1.64. The second-order valence-electron chi connectivity index (χ2n) is 7.10. The molecule has 4 rings (SSSR count). The fourth-order valence-corrected chi connectivity index (χ4v) is 4.68. The molecule has 1 N–H and O–H groups in total. The van der Waals surface area contributed by atoms with Crippen LogP contribution in [-0.2, 0) is 11.3 Å². The van der Waals surface area contributed by atoms with Crippen molar-refractivity contribution >= 4 is 34.1 Å². The molecule has 0 saturated carbocycles. The van der Waals surface area contributed by atoms with Gasteiger partial charge in [-0.15, -0.1) is 23.1 Å². The largest absolute Gasteiger partial charge is 0.497 e. The normalized spacial score (nSPS) is 10.7. The molecule has 0 radical (unpaired) electrons. The number of methoxy groups -OCH3 is 1. The van der Waals surface area contributed by atoms with Crippen LogP contribution in [-0.4, -0.2) is 23.8 Å². The number of hydrogen-bond donors (Lipinski definition) is 1. The Balaban J connectivity index is 1.22. The molecular weight excluding hydrogens is 438 g/mol. The Morgan fingerprint density at radius 3 is 2.53 bits per heavy atom. The van der Waals surface area contributed by atoms with Crippen LogP contribution >= 0.6 is 23.1 Å². The van der Waals surface area contributed by atoms with E-state index in [0.29, 0.717) is 17.3 Å². The van der Waals surface area contributed by atoms with Crippen LogP contribution in [0, 0.1) is 0 Å². The number of anilines is 1. The average molecular weight is 463 g/mol. The van der Waals surface area contributed by atoms with Crippen LogP contribution in [0.4, 0.5) is 5.13 Å². The first-order valence-corrected chi connectivity index (χ1v) is 12.1. The van der Waals surface area contributed by atoms with E-state index in [0.717, 1.165) is 28.4 Å². The van der Waals surface area contributed by atoms with Gasteiger partial charge in [-0.05, 0) is 24.3 Å². The van der Waals surface area contributed by atoms with Crippen molar-refractivity contribution in [2.75, 3.05) is 18.2 Å². The number of nitrogens with zero attached hydrogens (tertiary/aromatic N) is 2. The number of rotatable bonds is 9. The summed E-state index contributed by atoms with van der Waals surface area (Å²) >= 11 is 3.11. The van der Waals surface area contributed by atoms with E-state index >= 15 is 0 Å². The number of thiazole rings is 1. The number of hydrogen-bond acceptors (Lipinski definition) is 5. The molecule has 2 heterocycles. The van der Waals surface area contributed by atoms with Crippen LogP contribution in [0.5, 0.6) is 5.75 Å². The summed E-state index contributed by atoms with van der Waals surface area (Å²) in [6.45, 7) is 0.848. The predicted molar refractivity (Wildman–Crippen MR) is 130 cm³/mol. The van der Waals surface area contributed by atoms with Gasteiger partial charge in [-0.1, -0.05) is 30.3 Å². The van der Waals surface area contributed by atoms with Crippen LogP contribution in [0.2, 0.25) is 0 Å². The minimum atomic E-state index is -0.0248. The highest BCUT2D eigenvalue weighted by Crippen LogP contribution is 2.26. The van der Waals surface area contributed by atoms with Gasteiger partial charge in [0.2, 0.25) is 5.91 Å². The lowest BCUT2D eigenvalue weighted by Crippen LogP contribution is -2.32. The molecule has 7 heteroatoms. The van der Waals surface area contributed by atoms with Gasteiger partial charge in [0.1, 0.15) is 5.75 Å². The number of amides is 1. The first kappa shape index (κ1) is 22.0. The summed E-state index contributed by atoms with van der Waals surface area (Å²) < 4.78 is 7.33. The monoisotopic (exact) mass is 462 g/mol. The second-order valence-corrected chi connectivity index (χ2v) is 9.13. The zero-order valence-electron chi connectivity index (χ0n) is 17.7. The number of ether oxygens (including phenoxy) is 1. The number of thioether (sulfide) groups is 1. The van der Waals surface area contributed by atoms with Gasteiger partial charge in [-0.2, -0.15) is 0 Å². The first-order chi connectivity index (χ1) is 15.7. The van der Waals surface area contributed by atoms with Crippen LogP contribution in [0.1, 0.15) is 12.0 Å². The van der Waals surface area contributed by atoms with Crippen LogP contribution in [0.15, 0.2) is 89.4 Å². The summed E-state index contributed by atoms with van der Waals surface area (Å²) in [5.41, 5.74) is 3.11. The third kappa shape index (κ3) is 6.18. The Hall–Kier alpha value is -3.16. The highest BCUT2D eigenvalue weighted by molar-refractivity contribution is 7.99. The van der Waals surface area contributed by atoms with Crippen molar-refractivity contribution in [1.82, 2.24) is 4.98 Å². The maximum atomic E-state index is 12.3. The average Bonchev–Trinajstić information content (AvgIpc) is 3.29. The number of aromatic nitrogens is 2. The Morgan fingerprint density at radius 2 is 1.81 bits per heavy atom. The predicted octanol–water partition coefficient (Wildman–Crippen LogP) is 5.28. The molecule has 0 saturated heterocycles. The molecule has 1 amide bonds. The molecule has 162 valence electrons. The third-order valence-electron chi connectivity index (χ3n) is 4.80. The van der Waals surface area contributed by atoms with Gasteiger partial charge in [0, 0.05) is 45.7 Å². The van der Waals surface area contributed by atoms with E-state index in [-0.39, 0.29) is 5.91 Å². The molecule has 32 heavy (non-hydrogen) atoms. The van der Waals surface area contributed by atoms with Crippen molar-refractivity contribution in [3.63, 3.8) is 0 Å². The van der Waals surface area contributed by atoms with Gasteiger partial charge in [-0.25, -0.2) is 9.55 Å². The van der Waals surface area contributed by atoms with E-state index in [9.17, 15) is 4.79 Å². The fraction of sp³-hybridized carbons (Fsp3) is 0.160. The lowest BCUT2D eigenvalue weighted by molar-refractivity contribution is -0.688. The molecule has 0 fully saturated rings. The summed E-state index contributed by atoms with van der Waals surface area (Å²) in [5.74, 6) is 1.49. The lowest BCUT2D eigenvalue weighted by atomic mass is 10.2. The summed E-state index contributed by atoms with van der Waals surface area (Å²) in [6.07, 6.45) is 4.58. The van der Waals surface area contributed by atoms with Gasteiger partial charge in [-0.3, -0.25) is 4.79 Å². The molecule has 2 aromatic carbocycles. The Labute approximate surface area is 196 Å². The maximum Gasteiger partial charge on any atom is 0.226 e. The molecule has 0 aliphatic rings. The van der Waals surface area contributed by atoms with Crippen molar-refractivity contribution in [3.8, 4) is 17.0 Å². The van der Waals surface area contributed by atoms with Crippen LogP contribution in [0.3, 0.4) is 0 Å². The molecule has 0 atom stereocenters. The van der Waals surface area contributed by atoms with Gasteiger partial charge in [0.25, 0.3) is 0 Å². The van der Waals surface area contributed by atoms with Crippen molar-refractivity contribution < 1.29 is 14.1 Å². The molecule has 5 nitrogen and oxygen atoms in total. The molecule has 2 aromatic heterocycles. The van der Waals surface area contributed by atoms with Gasteiger partial charge in [0.05, 0.1) is 12.8 Å². The Kier molecular flexibility index (Phi) is 7.53. The smallest absolute Gasteiger partial charge is 0.226 e. The number of benzene rings is 2. The summed E-state index contributed by atoms with van der Waals surface area (Å²) in [6, 6.07) is 22.3. The van der Waals surface area contributed by atoms with Gasteiger partial charge < -0.3 is 10.1 Å². The number of nitrogens with one attached hydrogen (secondary N) is 1.